The second-order valence-electron chi connectivity index (χ2n) is 40.3. The Hall–Kier alpha value is -14.3. The lowest BCUT2D eigenvalue weighted by Crippen LogP contribution is -2.21. The van der Waals surface area contributed by atoms with Crippen molar-refractivity contribution in [1.82, 2.24) is 49.8 Å². The van der Waals surface area contributed by atoms with E-state index in [1.165, 1.54) is 128 Å². The highest BCUT2D eigenvalue weighted by atomic mass is 16.5. The van der Waals surface area contributed by atoms with Gasteiger partial charge in [0.15, 0.2) is 23.2 Å². The molecule has 0 saturated carbocycles. The molecule has 5 aromatic carbocycles. The summed E-state index contributed by atoms with van der Waals surface area (Å²) >= 11 is 0. The summed E-state index contributed by atoms with van der Waals surface area (Å²) < 4.78 is 6.07. The molecule has 0 unspecified atom stereocenters. The molecule has 0 fully saturated rings. The van der Waals surface area contributed by atoms with Crippen molar-refractivity contribution in [3.8, 4) is 5.75 Å². The standard InChI is InChI=1S/C25H29N3.C25H27N3.C23H25N5.C23H25N3.C21H21N3O/c2*1-16-12-20-10-9-19-8-7-11-26-23(19)28(24(20)27-15-16)22-17(2)13-21(14-18(22)3)25(4,5)6;1-14-10-19-22(25-13-14)28(21-18(26-27-19)8-7-9-24-21)20-15(2)11-17(12-16(20)3)23(4,5)6;1-15-11-17(3)21(18(4)12-15)26-22-19(9-6-10-24-22)7-5-8-20-13-16(2)14-25-23(20)26;1-13-8-15(3)19(16(4)9-13)24-20-17(6-5-7-22-20)12-25-18-10-14(2)11-23-21(18)24/h7-8,11-15H,9-10H2,1-6H3;7-15H,1-6H3;7-13H,1-6H3;6,9-14H,5,7-8H2,1-4H3;5-11H,12H2,1-4H3. The molecule has 5 aliphatic heterocycles. The highest BCUT2D eigenvalue weighted by molar-refractivity contribution is 5.93. The van der Waals surface area contributed by atoms with Crippen LogP contribution in [0, 0.1) is 118 Å². The molecule has 15 heterocycles. The van der Waals surface area contributed by atoms with E-state index in [9.17, 15) is 0 Å². The van der Waals surface area contributed by atoms with Crippen LogP contribution in [0.3, 0.4) is 0 Å². The third-order valence-corrected chi connectivity index (χ3v) is 25.6. The molecule has 0 N–H and O–H groups in total. The predicted molar refractivity (Wildman–Crippen MR) is 557 cm³/mol. The number of anilines is 15. The lowest BCUT2D eigenvalue weighted by atomic mass is 9.84. The van der Waals surface area contributed by atoms with E-state index in [2.05, 4.69) is 326 Å². The number of hydrogen-bond donors (Lipinski definition) is 0. The van der Waals surface area contributed by atoms with E-state index >= 15 is 0 Å². The molecule has 18 nitrogen and oxygen atoms in total. The average molecular weight is 1790 g/mol. The first-order chi connectivity index (χ1) is 64.3. The lowest BCUT2D eigenvalue weighted by molar-refractivity contribution is 0.309. The number of pyridine rings is 10. The minimum absolute atomic E-state index is 0.0843. The van der Waals surface area contributed by atoms with Crippen LogP contribution in [0.25, 0.3) is 12.2 Å². The van der Waals surface area contributed by atoms with E-state index in [-0.39, 0.29) is 16.2 Å². The molecule has 686 valence electrons. The third kappa shape index (κ3) is 19.8. The number of benzene rings is 5. The van der Waals surface area contributed by atoms with Crippen LogP contribution < -0.4 is 29.2 Å². The molecular formula is C117H127N17O. The molecule has 0 spiro atoms. The van der Waals surface area contributed by atoms with Gasteiger partial charge in [-0.25, -0.2) is 49.8 Å². The van der Waals surface area contributed by atoms with Crippen LogP contribution in [0.1, 0.15) is 219 Å². The summed E-state index contributed by atoms with van der Waals surface area (Å²) in [6, 6.07) is 53.9. The van der Waals surface area contributed by atoms with Gasteiger partial charge in [-0.3, -0.25) is 24.5 Å². The van der Waals surface area contributed by atoms with Gasteiger partial charge in [0.1, 0.15) is 58.7 Å². The summed E-state index contributed by atoms with van der Waals surface area (Å²) in [6.07, 6.45) is 28.3. The van der Waals surface area contributed by atoms with E-state index < -0.39 is 0 Å². The SMILES string of the molecule is Cc1cc(C)c(N2c3ncccc3CCCc3cc(C)cnc32)c(C)c1.Cc1cc(C)c(N2c3ncccc3COc3cc(C)cnc32)c(C)c1.Cc1cnc2c(c1)C=Cc1cccnc1N2c1c(C)cc(C(C)(C)C)cc1C.Cc1cnc2c(c1)CCc1cccnc1N2c1c(C)cc(C(C)(C)C)cc1C.Cc1cnc2c(c1)N=Nc1cccnc1N2c1c(C)cc(C(C)(C)C)cc1C. The molecule has 20 rings (SSSR count). The van der Waals surface area contributed by atoms with Crippen molar-refractivity contribution in [2.75, 3.05) is 24.5 Å². The van der Waals surface area contributed by atoms with Crippen molar-refractivity contribution in [3.05, 3.63) is 364 Å². The highest BCUT2D eigenvalue weighted by Crippen LogP contribution is 2.52. The number of rotatable bonds is 5. The maximum atomic E-state index is 6.07. The van der Waals surface area contributed by atoms with Crippen LogP contribution in [0.4, 0.5) is 98.0 Å². The zero-order valence-corrected chi connectivity index (χ0v) is 83.6. The summed E-state index contributed by atoms with van der Waals surface area (Å²) in [4.78, 5) is 58.7. The van der Waals surface area contributed by atoms with Crippen molar-refractivity contribution in [2.24, 2.45) is 10.2 Å². The quantitative estimate of drug-likeness (QED) is 0.159. The normalized spacial score (nSPS) is 13.3. The Bertz CT molecular complexity index is 6740. The van der Waals surface area contributed by atoms with Gasteiger partial charge in [0.2, 0.25) is 0 Å². The van der Waals surface area contributed by atoms with Gasteiger partial charge in [-0.2, -0.15) is 0 Å². The van der Waals surface area contributed by atoms with Crippen LogP contribution in [0.5, 0.6) is 5.75 Å². The van der Waals surface area contributed by atoms with E-state index in [1.807, 2.05) is 118 Å². The molecule has 0 amide bonds. The predicted octanol–water partition coefficient (Wildman–Crippen LogP) is 30.6. The summed E-state index contributed by atoms with van der Waals surface area (Å²) in [5.41, 5.74) is 40.5. The van der Waals surface area contributed by atoms with Gasteiger partial charge in [0.25, 0.3) is 0 Å². The summed E-state index contributed by atoms with van der Waals surface area (Å²) in [7, 11) is 0. The van der Waals surface area contributed by atoms with Gasteiger partial charge in [-0.1, -0.05) is 177 Å². The zero-order valence-electron chi connectivity index (χ0n) is 83.6. The number of aryl methyl sites for hydroxylation is 21. The first-order valence-corrected chi connectivity index (χ1v) is 47.1. The lowest BCUT2D eigenvalue weighted by Gasteiger charge is -2.31. The van der Waals surface area contributed by atoms with E-state index in [0.717, 1.165) is 158 Å². The maximum Gasteiger partial charge on any atom is 0.181 e. The topological polar surface area (TPSA) is 179 Å². The van der Waals surface area contributed by atoms with Gasteiger partial charge >= 0.3 is 0 Å². The van der Waals surface area contributed by atoms with Gasteiger partial charge in [-0.05, 0) is 349 Å². The fourth-order valence-corrected chi connectivity index (χ4v) is 19.3. The van der Waals surface area contributed by atoms with Crippen molar-refractivity contribution in [1.29, 1.82) is 0 Å². The number of ether oxygens (including phenoxy) is 1. The fourth-order valence-electron chi connectivity index (χ4n) is 19.3. The van der Waals surface area contributed by atoms with Gasteiger partial charge in [0.05, 0.1) is 28.4 Å². The van der Waals surface area contributed by atoms with E-state index in [1.54, 1.807) is 6.20 Å². The van der Waals surface area contributed by atoms with Crippen LogP contribution in [-0.4, -0.2) is 49.8 Å². The molecule has 0 bridgehead atoms. The summed E-state index contributed by atoms with van der Waals surface area (Å²) in [5, 5.41) is 8.90. The largest absolute Gasteiger partial charge is 0.485 e. The van der Waals surface area contributed by atoms with Crippen LogP contribution in [0.2, 0.25) is 0 Å². The van der Waals surface area contributed by atoms with Crippen LogP contribution in [-0.2, 0) is 48.5 Å². The Kier molecular flexibility index (Phi) is 26.7. The number of nitrogens with zero attached hydrogens (tertiary/aromatic N) is 17. The van der Waals surface area contributed by atoms with Gasteiger partial charge in [-0.15, -0.1) is 10.2 Å². The van der Waals surface area contributed by atoms with Gasteiger partial charge < -0.3 is 4.74 Å². The minimum Gasteiger partial charge on any atom is -0.485 e. The van der Waals surface area contributed by atoms with Crippen molar-refractivity contribution in [3.63, 3.8) is 0 Å². The van der Waals surface area contributed by atoms with Crippen LogP contribution in [0.15, 0.2) is 224 Å². The number of hydrogen-bond acceptors (Lipinski definition) is 18. The molecule has 0 aliphatic carbocycles. The third-order valence-electron chi connectivity index (χ3n) is 25.6. The average Bonchev–Trinajstić information content (AvgIpc) is 1.73. The van der Waals surface area contributed by atoms with Gasteiger partial charge in [0, 0.05) is 78.7 Å². The molecular weight excluding hydrogens is 1660 g/mol. The molecule has 5 aliphatic rings. The monoisotopic (exact) mass is 1790 g/mol. The Balaban J connectivity index is 0.000000123. The molecule has 15 aromatic rings. The van der Waals surface area contributed by atoms with Crippen molar-refractivity contribution < 1.29 is 4.74 Å². The second-order valence-corrected chi connectivity index (χ2v) is 40.3. The van der Waals surface area contributed by atoms with Crippen molar-refractivity contribution in [2.45, 2.75) is 235 Å². The number of azo groups is 1. The molecule has 0 saturated heterocycles. The summed E-state index contributed by atoms with van der Waals surface area (Å²) in [6.45, 7) is 57.1. The van der Waals surface area contributed by atoms with Crippen molar-refractivity contribution >= 4 is 110 Å². The molecule has 135 heavy (non-hydrogen) atoms. The molecule has 0 radical (unpaired) electrons. The fraction of sp³-hybridized carbons (Fsp3) is 0.299. The first-order valence-electron chi connectivity index (χ1n) is 47.1. The molecule has 0 atom stereocenters. The Morgan fingerprint density at radius 2 is 0.541 bits per heavy atom. The first kappa shape index (κ1) is 94.0. The summed E-state index contributed by atoms with van der Waals surface area (Å²) in [5.74, 6) is 9.86. The molecule has 18 heteroatoms. The zero-order chi connectivity index (χ0) is 96.0. The Morgan fingerprint density at radius 3 is 1.01 bits per heavy atom. The van der Waals surface area contributed by atoms with E-state index in [0.29, 0.717) is 6.61 Å². The number of fused-ring (bicyclic) bond motifs is 10. The Labute approximate surface area is 799 Å². The van der Waals surface area contributed by atoms with Crippen LogP contribution >= 0.6 is 0 Å². The maximum absolute atomic E-state index is 6.07. The Morgan fingerprint density at radius 1 is 0.244 bits per heavy atom. The minimum atomic E-state index is 0.0843. The second kappa shape index (κ2) is 38.4. The smallest absolute Gasteiger partial charge is 0.181 e. The molecule has 10 aromatic heterocycles. The number of aromatic nitrogens is 10. The van der Waals surface area contributed by atoms with E-state index in [4.69, 9.17) is 44.6 Å². The highest BCUT2D eigenvalue weighted by Gasteiger charge is 2.35.